The predicted molar refractivity (Wildman–Crippen MR) is 85.8 cm³/mol. The number of carbonyl (C=O) groups excluding carboxylic acids is 1. The summed E-state index contributed by atoms with van der Waals surface area (Å²) in [6.45, 7) is 2.22. The maximum Gasteiger partial charge on any atom is 0.220 e. The molecule has 2 nitrogen and oxygen atoms in total. The highest BCUT2D eigenvalue weighted by Crippen LogP contribution is 2.18. The Kier molecular flexibility index (Phi) is 9.40. The Morgan fingerprint density at radius 3 is 2.53 bits per heavy atom. The molecule has 0 aromatic rings. The number of amides is 1. The smallest absolute Gasteiger partial charge is 0.220 e. The van der Waals surface area contributed by atoms with Crippen LogP contribution in [0.2, 0.25) is 0 Å². The number of unbranched alkanes of at least 4 members (excludes halogenated alkanes) is 2. The average molecular weight is 285 g/mol. The molecule has 0 aromatic heterocycles. The molecule has 19 heavy (non-hydrogen) atoms. The summed E-state index contributed by atoms with van der Waals surface area (Å²) in [6, 6.07) is 0.462. The van der Waals surface area contributed by atoms with Gasteiger partial charge in [-0.05, 0) is 32.1 Å². The van der Waals surface area contributed by atoms with Crippen molar-refractivity contribution in [2.45, 2.75) is 95.3 Å². The summed E-state index contributed by atoms with van der Waals surface area (Å²) in [5.74, 6) is 0.260. The van der Waals surface area contributed by atoms with Crippen LogP contribution in [-0.4, -0.2) is 17.2 Å². The fourth-order valence-electron chi connectivity index (χ4n) is 2.80. The second-order valence-electron chi connectivity index (χ2n) is 5.94. The molecule has 0 bridgehead atoms. The van der Waals surface area contributed by atoms with Crippen molar-refractivity contribution in [3.8, 4) is 0 Å². The Hall–Kier alpha value is -0.180. The zero-order chi connectivity index (χ0) is 13.9. The van der Waals surface area contributed by atoms with Crippen LogP contribution in [0, 0.1) is 0 Å². The van der Waals surface area contributed by atoms with Gasteiger partial charge < -0.3 is 5.32 Å². The number of nitrogens with one attached hydrogen (secondary N) is 1. The van der Waals surface area contributed by atoms with Crippen molar-refractivity contribution >= 4 is 18.5 Å². The first-order valence-electron chi connectivity index (χ1n) is 8.19. The molecule has 1 fully saturated rings. The largest absolute Gasteiger partial charge is 0.353 e. The van der Waals surface area contributed by atoms with Crippen LogP contribution in [0.4, 0.5) is 0 Å². The standard InChI is InChI=1S/C16H31NOS/c1-2-3-11-15(19)12-7-8-13-16(18)17-14-9-5-4-6-10-14/h14-15,19H,2-13H2,1H3,(H,17,18). The predicted octanol–water partition coefficient (Wildman–Crippen LogP) is 4.48. The Bertz CT molecular complexity index is 239. The van der Waals surface area contributed by atoms with E-state index in [0.717, 1.165) is 19.3 Å². The molecule has 1 aliphatic carbocycles. The summed E-state index contributed by atoms with van der Waals surface area (Å²) in [5.41, 5.74) is 0. The molecule has 112 valence electrons. The van der Waals surface area contributed by atoms with E-state index >= 15 is 0 Å². The highest BCUT2D eigenvalue weighted by molar-refractivity contribution is 7.80. The fraction of sp³-hybridized carbons (Fsp3) is 0.938. The minimum absolute atomic E-state index is 0.260. The minimum atomic E-state index is 0.260. The van der Waals surface area contributed by atoms with E-state index < -0.39 is 0 Å². The molecule has 1 aliphatic rings. The first-order chi connectivity index (χ1) is 9.22. The van der Waals surface area contributed by atoms with E-state index in [1.807, 2.05) is 0 Å². The first-order valence-corrected chi connectivity index (χ1v) is 8.71. The van der Waals surface area contributed by atoms with E-state index in [1.165, 1.54) is 51.4 Å². The quantitative estimate of drug-likeness (QED) is 0.474. The third-order valence-electron chi connectivity index (χ3n) is 4.05. The molecule has 1 atom stereocenters. The molecule has 0 radical (unpaired) electrons. The van der Waals surface area contributed by atoms with Gasteiger partial charge in [0.05, 0.1) is 0 Å². The number of rotatable bonds is 9. The molecule has 3 heteroatoms. The normalized spacial score (nSPS) is 18.2. The van der Waals surface area contributed by atoms with Crippen LogP contribution in [-0.2, 0) is 4.79 Å². The van der Waals surface area contributed by atoms with Crippen LogP contribution in [0.5, 0.6) is 0 Å². The van der Waals surface area contributed by atoms with Crippen molar-refractivity contribution in [2.24, 2.45) is 0 Å². The lowest BCUT2D eigenvalue weighted by Crippen LogP contribution is -2.35. The lowest BCUT2D eigenvalue weighted by molar-refractivity contribution is -0.122. The minimum Gasteiger partial charge on any atom is -0.353 e. The molecular weight excluding hydrogens is 254 g/mol. The molecule has 0 aliphatic heterocycles. The number of hydrogen-bond acceptors (Lipinski definition) is 2. The Balaban J connectivity index is 1.97. The topological polar surface area (TPSA) is 29.1 Å². The zero-order valence-electron chi connectivity index (χ0n) is 12.5. The summed E-state index contributed by atoms with van der Waals surface area (Å²) in [7, 11) is 0. The molecule has 0 spiro atoms. The van der Waals surface area contributed by atoms with Gasteiger partial charge >= 0.3 is 0 Å². The molecule has 1 rings (SSSR count). The van der Waals surface area contributed by atoms with E-state index in [0.29, 0.717) is 17.7 Å². The van der Waals surface area contributed by atoms with E-state index in [9.17, 15) is 4.79 Å². The van der Waals surface area contributed by atoms with Crippen LogP contribution in [0.1, 0.15) is 84.0 Å². The summed E-state index contributed by atoms with van der Waals surface area (Å²) in [4.78, 5) is 11.8. The summed E-state index contributed by atoms with van der Waals surface area (Å²) in [6.07, 6.45) is 14.0. The van der Waals surface area contributed by atoms with Gasteiger partial charge in [-0.25, -0.2) is 0 Å². The highest BCUT2D eigenvalue weighted by atomic mass is 32.1. The van der Waals surface area contributed by atoms with Gasteiger partial charge in [0.15, 0.2) is 0 Å². The fourth-order valence-corrected chi connectivity index (χ4v) is 3.16. The molecule has 1 saturated carbocycles. The van der Waals surface area contributed by atoms with Gasteiger partial charge in [-0.2, -0.15) is 12.6 Å². The molecule has 0 saturated heterocycles. The number of hydrogen-bond donors (Lipinski definition) is 2. The van der Waals surface area contributed by atoms with Gasteiger partial charge in [0.1, 0.15) is 0 Å². The molecule has 1 amide bonds. The zero-order valence-corrected chi connectivity index (χ0v) is 13.4. The third kappa shape index (κ3) is 8.56. The van der Waals surface area contributed by atoms with Gasteiger partial charge in [0.2, 0.25) is 5.91 Å². The second-order valence-corrected chi connectivity index (χ2v) is 6.67. The summed E-state index contributed by atoms with van der Waals surface area (Å²) in [5, 5.41) is 3.71. The maximum absolute atomic E-state index is 11.8. The van der Waals surface area contributed by atoms with E-state index in [2.05, 4.69) is 24.9 Å². The van der Waals surface area contributed by atoms with Gasteiger partial charge in [-0.3, -0.25) is 4.79 Å². The molecule has 1 N–H and O–H groups in total. The third-order valence-corrected chi connectivity index (χ3v) is 4.57. The Labute approximate surface area is 124 Å². The van der Waals surface area contributed by atoms with Crippen LogP contribution in [0.3, 0.4) is 0 Å². The van der Waals surface area contributed by atoms with E-state index in [1.54, 1.807) is 0 Å². The van der Waals surface area contributed by atoms with Crippen molar-refractivity contribution in [1.82, 2.24) is 5.32 Å². The van der Waals surface area contributed by atoms with Crippen LogP contribution >= 0.6 is 12.6 Å². The Morgan fingerprint density at radius 1 is 1.16 bits per heavy atom. The lowest BCUT2D eigenvalue weighted by Gasteiger charge is -2.22. The van der Waals surface area contributed by atoms with Crippen LogP contribution in [0.15, 0.2) is 0 Å². The van der Waals surface area contributed by atoms with E-state index in [-0.39, 0.29) is 5.91 Å². The number of thiol groups is 1. The summed E-state index contributed by atoms with van der Waals surface area (Å²) >= 11 is 4.59. The SMILES string of the molecule is CCCCC(S)CCCCC(=O)NC1CCCCC1. The molecule has 1 unspecified atom stereocenters. The molecule has 0 heterocycles. The van der Waals surface area contributed by atoms with Crippen molar-refractivity contribution in [3.63, 3.8) is 0 Å². The molecular formula is C16H31NOS. The van der Waals surface area contributed by atoms with Gasteiger partial charge in [-0.15, -0.1) is 0 Å². The monoisotopic (exact) mass is 285 g/mol. The second kappa shape index (κ2) is 10.6. The molecule has 0 aromatic carbocycles. The first kappa shape index (κ1) is 16.9. The van der Waals surface area contributed by atoms with E-state index in [4.69, 9.17) is 0 Å². The highest BCUT2D eigenvalue weighted by Gasteiger charge is 2.15. The number of carbonyl (C=O) groups is 1. The van der Waals surface area contributed by atoms with Gasteiger partial charge in [0, 0.05) is 17.7 Å². The van der Waals surface area contributed by atoms with Crippen molar-refractivity contribution in [2.75, 3.05) is 0 Å². The van der Waals surface area contributed by atoms with Gasteiger partial charge in [-0.1, -0.05) is 45.4 Å². The van der Waals surface area contributed by atoms with Crippen molar-refractivity contribution < 1.29 is 4.79 Å². The van der Waals surface area contributed by atoms with Crippen LogP contribution in [0.25, 0.3) is 0 Å². The lowest BCUT2D eigenvalue weighted by atomic mass is 9.95. The average Bonchev–Trinajstić information content (AvgIpc) is 2.42. The summed E-state index contributed by atoms with van der Waals surface area (Å²) < 4.78 is 0. The van der Waals surface area contributed by atoms with Crippen molar-refractivity contribution in [3.05, 3.63) is 0 Å². The maximum atomic E-state index is 11.8. The van der Waals surface area contributed by atoms with Crippen LogP contribution < -0.4 is 5.32 Å². The van der Waals surface area contributed by atoms with Gasteiger partial charge in [0.25, 0.3) is 0 Å². The van der Waals surface area contributed by atoms with Crippen molar-refractivity contribution in [1.29, 1.82) is 0 Å². The Morgan fingerprint density at radius 2 is 1.84 bits per heavy atom.